The lowest BCUT2D eigenvalue weighted by atomic mass is 10.0. The summed E-state index contributed by atoms with van der Waals surface area (Å²) in [6.07, 6.45) is 4.36. The van der Waals surface area contributed by atoms with Crippen molar-refractivity contribution in [1.82, 2.24) is 15.3 Å². The van der Waals surface area contributed by atoms with Gasteiger partial charge in [0.15, 0.2) is 0 Å². The first-order chi connectivity index (χ1) is 7.90. The van der Waals surface area contributed by atoms with Crippen LogP contribution in [0.4, 0.5) is 0 Å². The Kier molecular flexibility index (Phi) is 3.62. The number of hydrogen-bond acceptors (Lipinski definition) is 3. The summed E-state index contributed by atoms with van der Waals surface area (Å²) in [7, 11) is 1.96. The van der Waals surface area contributed by atoms with Gasteiger partial charge in [0.25, 0.3) is 0 Å². The predicted molar refractivity (Wildman–Crippen MR) is 64.0 cm³/mol. The second-order valence-electron chi connectivity index (χ2n) is 3.62. The SMILES string of the molecule is CNC(Cc1ncccn1)c1ccccc1. The van der Waals surface area contributed by atoms with E-state index in [1.807, 2.05) is 31.3 Å². The van der Waals surface area contributed by atoms with Crippen molar-refractivity contribution in [3.8, 4) is 0 Å². The summed E-state index contributed by atoms with van der Waals surface area (Å²) in [5, 5.41) is 3.29. The monoisotopic (exact) mass is 213 g/mol. The lowest BCUT2D eigenvalue weighted by Crippen LogP contribution is -2.19. The molecule has 1 unspecified atom stereocenters. The van der Waals surface area contributed by atoms with Crippen LogP contribution >= 0.6 is 0 Å². The van der Waals surface area contributed by atoms with Gasteiger partial charge in [-0.15, -0.1) is 0 Å². The smallest absolute Gasteiger partial charge is 0.130 e. The van der Waals surface area contributed by atoms with Crippen molar-refractivity contribution in [2.75, 3.05) is 7.05 Å². The van der Waals surface area contributed by atoms with Gasteiger partial charge < -0.3 is 5.32 Å². The van der Waals surface area contributed by atoms with E-state index >= 15 is 0 Å². The predicted octanol–water partition coefficient (Wildman–Crippen LogP) is 1.98. The third-order valence-corrected chi connectivity index (χ3v) is 2.56. The Morgan fingerprint density at radius 1 is 1.06 bits per heavy atom. The molecule has 0 saturated carbocycles. The molecule has 0 aliphatic carbocycles. The zero-order valence-electron chi connectivity index (χ0n) is 9.30. The molecule has 0 aliphatic heterocycles. The van der Waals surface area contributed by atoms with Crippen LogP contribution in [0.2, 0.25) is 0 Å². The van der Waals surface area contributed by atoms with Crippen molar-refractivity contribution in [2.24, 2.45) is 0 Å². The van der Waals surface area contributed by atoms with Gasteiger partial charge in [-0.2, -0.15) is 0 Å². The van der Waals surface area contributed by atoms with Gasteiger partial charge in [-0.3, -0.25) is 0 Å². The van der Waals surface area contributed by atoms with Crippen LogP contribution in [0.15, 0.2) is 48.8 Å². The van der Waals surface area contributed by atoms with Crippen LogP contribution in [0.1, 0.15) is 17.4 Å². The van der Waals surface area contributed by atoms with E-state index in [9.17, 15) is 0 Å². The van der Waals surface area contributed by atoms with E-state index in [1.165, 1.54) is 5.56 Å². The molecule has 3 heteroatoms. The van der Waals surface area contributed by atoms with Crippen LogP contribution in [0.25, 0.3) is 0 Å². The van der Waals surface area contributed by atoms with Crippen molar-refractivity contribution in [2.45, 2.75) is 12.5 Å². The molecule has 1 N–H and O–H groups in total. The van der Waals surface area contributed by atoms with Gasteiger partial charge >= 0.3 is 0 Å². The summed E-state index contributed by atoms with van der Waals surface area (Å²) in [6, 6.07) is 12.4. The van der Waals surface area contributed by atoms with Gasteiger partial charge in [0.05, 0.1) is 0 Å². The molecular formula is C13H15N3. The molecule has 0 spiro atoms. The van der Waals surface area contributed by atoms with Gasteiger partial charge in [0, 0.05) is 24.9 Å². The van der Waals surface area contributed by atoms with Crippen LogP contribution in [0.5, 0.6) is 0 Å². The van der Waals surface area contributed by atoms with Gasteiger partial charge in [-0.25, -0.2) is 9.97 Å². The number of benzene rings is 1. The molecule has 2 rings (SSSR count). The van der Waals surface area contributed by atoms with Crippen molar-refractivity contribution in [3.63, 3.8) is 0 Å². The summed E-state index contributed by atoms with van der Waals surface area (Å²) in [4.78, 5) is 8.48. The maximum atomic E-state index is 4.24. The van der Waals surface area contributed by atoms with E-state index in [0.717, 1.165) is 12.2 Å². The number of hydrogen-bond donors (Lipinski definition) is 1. The maximum Gasteiger partial charge on any atom is 0.130 e. The first-order valence-electron chi connectivity index (χ1n) is 5.38. The molecule has 1 aromatic carbocycles. The van der Waals surface area contributed by atoms with E-state index in [-0.39, 0.29) is 6.04 Å². The van der Waals surface area contributed by atoms with Crippen LogP contribution in [-0.2, 0) is 6.42 Å². The van der Waals surface area contributed by atoms with Crippen molar-refractivity contribution in [3.05, 3.63) is 60.2 Å². The van der Waals surface area contributed by atoms with Gasteiger partial charge in [-0.05, 0) is 18.7 Å². The number of aromatic nitrogens is 2. The minimum Gasteiger partial charge on any atom is -0.313 e. The van der Waals surface area contributed by atoms with Crippen LogP contribution in [0.3, 0.4) is 0 Å². The Balaban J connectivity index is 2.13. The Labute approximate surface area is 95.6 Å². The molecule has 0 amide bonds. The highest BCUT2D eigenvalue weighted by molar-refractivity contribution is 5.19. The van der Waals surface area contributed by atoms with Crippen molar-refractivity contribution < 1.29 is 0 Å². The lowest BCUT2D eigenvalue weighted by molar-refractivity contribution is 0.575. The fourth-order valence-electron chi connectivity index (χ4n) is 1.69. The molecule has 0 saturated heterocycles. The van der Waals surface area contributed by atoms with Crippen molar-refractivity contribution in [1.29, 1.82) is 0 Å². The fraction of sp³-hybridized carbons (Fsp3) is 0.231. The van der Waals surface area contributed by atoms with Crippen molar-refractivity contribution >= 4 is 0 Å². The second kappa shape index (κ2) is 5.37. The normalized spacial score (nSPS) is 12.3. The Bertz CT molecular complexity index is 414. The van der Waals surface area contributed by atoms with Gasteiger partial charge in [0.1, 0.15) is 5.82 Å². The van der Waals surface area contributed by atoms with E-state index in [4.69, 9.17) is 0 Å². The standard InChI is InChI=1S/C13H15N3/c1-14-12(11-6-3-2-4-7-11)10-13-15-8-5-9-16-13/h2-9,12,14H,10H2,1H3. The zero-order chi connectivity index (χ0) is 11.2. The summed E-state index contributed by atoms with van der Waals surface area (Å²) < 4.78 is 0. The minimum absolute atomic E-state index is 0.267. The molecule has 3 nitrogen and oxygen atoms in total. The summed E-state index contributed by atoms with van der Waals surface area (Å²) in [5.74, 6) is 0.866. The molecule has 16 heavy (non-hydrogen) atoms. The third kappa shape index (κ3) is 2.64. The molecule has 1 aromatic heterocycles. The summed E-state index contributed by atoms with van der Waals surface area (Å²) in [5.41, 5.74) is 1.26. The van der Waals surface area contributed by atoms with Crippen LogP contribution < -0.4 is 5.32 Å². The molecule has 0 bridgehead atoms. The quantitative estimate of drug-likeness (QED) is 0.844. The second-order valence-corrected chi connectivity index (χ2v) is 3.62. The van der Waals surface area contributed by atoms with E-state index in [0.29, 0.717) is 0 Å². The highest BCUT2D eigenvalue weighted by atomic mass is 14.9. The molecule has 0 fully saturated rings. The van der Waals surface area contributed by atoms with E-state index < -0.39 is 0 Å². The number of nitrogens with one attached hydrogen (secondary N) is 1. The minimum atomic E-state index is 0.267. The molecule has 0 aliphatic rings. The number of likely N-dealkylation sites (N-methyl/N-ethyl adjacent to an activating group) is 1. The molecule has 1 heterocycles. The fourth-order valence-corrected chi connectivity index (χ4v) is 1.69. The largest absolute Gasteiger partial charge is 0.313 e. The topological polar surface area (TPSA) is 37.8 Å². The average Bonchev–Trinajstić information content (AvgIpc) is 2.38. The average molecular weight is 213 g/mol. The van der Waals surface area contributed by atoms with E-state index in [1.54, 1.807) is 12.4 Å². The molecule has 1 atom stereocenters. The number of rotatable bonds is 4. The number of nitrogens with zero attached hydrogens (tertiary/aromatic N) is 2. The third-order valence-electron chi connectivity index (χ3n) is 2.56. The summed E-state index contributed by atoms with van der Waals surface area (Å²) >= 11 is 0. The van der Waals surface area contributed by atoms with E-state index in [2.05, 4.69) is 27.4 Å². The maximum absolute atomic E-state index is 4.24. The summed E-state index contributed by atoms with van der Waals surface area (Å²) in [6.45, 7) is 0. The molecule has 82 valence electrons. The highest BCUT2D eigenvalue weighted by Gasteiger charge is 2.10. The zero-order valence-corrected chi connectivity index (χ0v) is 9.30. The lowest BCUT2D eigenvalue weighted by Gasteiger charge is -2.15. The van der Waals surface area contributed by atoms with Crippen LogP contribution in [-0.4, -0.2) is 17.0 Å². The first-order valence-corrected chi connectivity index (χ1v) is 5.38. The molecule has 2 aromatic rings. The first kappa shape index (κ1) is 10.8. The van der Waals surface area contributed by atoms with Gasteiger partial charge in [-0.1, -0.05) is 30.3 Å². The Morgan fingerprint density at radius 2 is 1.75 bits per heavy atom. The van der Waals surface area contributed by atoms with Gasteiger partial charge in [0.2, 0.25) is 0 Å². The Morgan fingerprint density at radius 3 is 2.38 bits per heavy atom. The van der Waals surface area contributed by atoms with Crippen LogP contribution in [0, 0.1) is 0 Å². The Hall–Kier alpha value is -1.74. The highest BCUT2D eigenvalue weighted by Crippen LogP contribution is 2.15. The molecular weight excluding hydrogens is 198 g/mol. The molecule has 0 radical (unpaired) electrons.